The van der Waals surface area contributed by atoms with Crippen molar-refractivity contribution in [1.29, 1.82) is 0 Å². The summed E-state index contributed by atoms with van der Waals surface area (Å²) in [6.45, 7) is 0. The fourth-order valence-electron chi connectivity index (χ4n) is 1.32. The molecule has 1 aromatic carbocycles. The summed E-state index contributed by atoms with van der Waals surface area (Å²) in [5, 5.41) is 12.8. The molecule has 1 heterocycles. The van der Waals surface area contributed by atoms with Crippen LogP contribution < -0.4 is 5.43 Å². The summed E-state index contributed by atoms with van der Waals surface area (Å²) in [7, 11) is 0. The van der Waals surface area contributed by atoms with Crippen molar-refractivity contribution >= 4 is 17.9 Å². The van der Waals surface area contributed by atoms with Crippen molar-refractivity contribution in [3.63, 3.8) is 0 Å². The van der Waals surface area contributed by atoms with Crippen molar-refractivity contribution in [3.8, 4) is 0 Å². The highest BCUT2D eigenvalue weighted by Gasteiger charge is 2.00. The second-order valence-corrected chi connectivity index (χ2v) is 3.54. The van der Waals surface area contributed by atoms with Crippen LogP contribution in [0.3, 0.4) is 0 Å². The van der Waals surface area contributed by atoms with Gasteiger partial charge in [-0.1, -0.05) is 6.07 Å². The maximum Gasteiger partial charge on any atom is 0.335 e. The van der Waals surface area contributed by atoms with Gasteiger partial charge in [-0.2, -0.15) is 5.10 Å². The van der Waals surface area contributed by atoms with Crippen molar-refractivity contribution < 1.29 is 9.90 Å². The number of carboxylic acids is 1. The van der Waals surface area contributed by atoms with E-state index in [4.69, 9.17) is 5.11 Å². The second-order valence-electron chi connectivity index (χ2n) is 3.54. The lowest BCUT2D eigenvalue weighted by molar-refractivity contribution is 0.0697. The van der Waals surface area contributed by atoms with Gasteiger partial charge in [-0.3, -0.25) is 10.4 Å². The molecule has 0 spiro atoms. The summed E-state index contributed by atoms with van der Waals surface area (Å²) in [5.41, 5.74) is 4.66. The van der Waals surface area contributed by atoms with Crippen LogP contribution in [0.1, 0.15) is 15.9 Å². The molecule has 0 amide bonds. The molecule has 90 valence electrons. The Labute approximate surface area is 104 Å². The monoisotopic (exact) mass is 241 g/mol. The number of pyridine rings is 1. The first-order valence-electron chi connectivity index (χ1n) is 5.28. The van der Waals surface area contributed by atoms with Crippen molar-refractivity contribution in [2.45, 2.75) is 0 Å². The molecule has 0 unspecified atom stereocenters. The number of hydrogen-bond acceptors (Lipinski definition) is 4. The van der Waals surface area contributed by atoms with E-state index in [-0.39, 0.29) is 5.56 Å². The number of carbonyl (C=O) groups is 1. The first kappa shape index (κ1) is 11.8. The highest BCUT2D eigenvalue weighted by atomic mass is 16.4. The van der Waals surface area contributed by atoms with Crippen LogP contribution in [0.15, 0.2) is 53.9 Å². The van der Waals surface area contributed by atoms with Gasteiger partial charge in [0.25, 0.3) is 0 Å². The fourth-order valence-corrected chi connectivity index (χ4v) is 1.32. The van der Waals surface area contributed by atoms with Gasteiger partial charge in [-0.25, -0.2) is 4.79 Å². The molecule has 0 atom stereocenters. The Morgan fingerprint density at radius 1 is 1.28 bits per heavy atom. The SMILES string of the molecule is O=C(O)c1ccc(N/N=C/c2cccnc2)cc1. The molecule has 0 fully saturated rings. The molecular weight excluding hydrogens is 230 g/mol. The molecule has 0 aliphatic rings. The smallest absolute Gasteiger partial charge is 0.335 e. The van der Waals surface area contributed by atoms with E-state index in [0.29, 0.717) is 0 Å². The van der Waals surface area contributed by atoms with E-state index < -0.39 is 5.97 Å². The first-order chi connectivity index (χ1) is 8.75. The molecule has 0 aliphatic heterocycles. The van der Waals surface area contributed by atoms with Gasteiger partial charge in [0.1, 0.15) is 0 Å². The number of anilines is 1. The fraction of sp³-hybridized carbons (Fsp3) is 0. The average molecular weight is 241 g/mol. The molecule has 18 heavy (non-hydrogen) atoms. The number of rotatable bonds is 4. The van der Waals surface area contributed by atoms with E-state index in [0.717, 1.165) is 11.3 Å². The van der Waals surface area contributed by atoms with Crippen LogP contribution in [0, 0.1) is 0 Å². The lowest BCUT2D eigenvalue weighted by Gasteiger charge is -2.00. The predicted molar refractivity (Wildman–Crippen MR) is 68.9 cm³/mol. The number of hydrogen-bond donors (Lipinski definition) is 2. The first-order valence-corrected chi connectivity index (χ1v) is 5.28. The van der Waals surface area contributed by atoms with Crippen LogP contribution >= 0.6 is 0 Å². The number of nitrogens with one attached hydrogen (secondary N) is 1. The number of aromatic carboxylic acids is 1. The molecule has 0 aliphatic carbocycles. The van der Waals surface area contributed by atoms with Crippen molar-refractivity contribution in [3.05, 3.63) is 59.9 Å². The van der Waals surface area contributed by atoms with Gasteiger partial charge in [0.15, 0.2) is 0 Å². The second kappa shape index (κ2) is 5.58. The third kappa shape index (κ3) is 3.15. The number of carboxylic acid groups (broad SMARTS) is 1. The molecule has 2 rings (SSSR count). The summed E-state index contributed by atoms with van der Waals surface area (Å²) in [4.78, 5) is 14.6. The van der Waals surface area contributed by atoms with Gasteiger partial charge in [-0.15, -0.1) is 0 Å². The summed E-state index contributed by atoms with van der Waals surface area (Å²) < 4.78 is 0. The number of hydrazone groups is 1. The minimum Gasteiger partial charge on any atom is -0.478 e. The third-order valence-electron chi connectivity index (χ3n) is 2.22. The molecule has 5 nitrogen and oxygen atoms in total. The van der Waals surface area contributed by atoms with E-state index in [1.165, 1.54) is 12.1 Å². The summed E-state index contributed by atoms with van der Waals surface area (Å²) in [6.07, 6.45) is 5.02. The Hall–Kier alpha value is -2.69. The summed E-state index contributed by atoms with van der Waals surface area (Å²) in [6, 6.07) is 10.1. The molecular formula is C13H11N3O2. The Morgan fingerprint density at radius 2 is 2.06 bits per heavy atom. The Balaban J connectivity index is 1.98. The van der Waals surface area contributed by atoms with Crippen LogP contribution in [0.25, 0.3) is 0 Å². The zero-order chi connectivity index (χ0) is 12.8. The van der Waals surface area contributed by atoms with E-state index in [9.17, 15) is 4.79 Å². The Bertz CT molecular complexity index is 550. The molecule has 0 radical (unpaired) electrons. The third-order valence-corrected chi connectivity index (χ3v) is 2.22. The molecule has 0 bridgehead atoms. The van der Waals surface area contributed by atoms with Gasteiger partial charge in [0.2, 0.25) is 0 Å². The maximum absolute atomic E-state index is 10.7. The molecule has 1 aromatic heterocycles. The summed E-state index contributed by atoms with van der Waals surface area (Å²) >= 11 is 0. The topological polar surface area (TPSA) is 74.6 Å². The van der Waals surface area contributed by atoms with Gasteiger partial charge >= 0.3 is 5.97 Å². The minimum atomic E-state index is -0.944. The lowest BCUT2D eigenvalue weighted by Crippen LogP contribution is -1.96. The highest BCUT2D eigenvalue weighted by molar-refractivity contribution is 5.88. The zero-order valence-corrected chi connectivity index (χ0v) is 9.45. The van der Waals surface area contributed by atoms with E-state index in [1.54, 1.807) is 30.7 Å². The highest BCUT2D eigenvalue weighted by Crippen LogP contribution is 2.09. The van der Waals surface area contributed by atoms with Crippen molar-refractivity contribution in [1.82, 2.24) is 4.98 Å². The van der Waals surface area contributed by atoms with Crippen LogP contribution in [0.2, 0.25) is 0 Å². The van der Waals surface area contributed by atoms with Crippen LogP contribution in [-0.4, -0.2) is 22.3 Å². The van der Waals surface area contributed by atoms with Gasteiger partial charge in [-0.05, 0) is 30.3 Å². The molecule has 0 saturated carbocycles. The number of benzene rings is 1. The van der Waals surface area contributed by atoms with Crippen LogP contribution in [-0.2, 0) is 0 Å². The zero-order valence-electron chi connectivity index (χ0n) is 9.45. The van der Waals surface area contributed by atoms with Crippen molar-refractivity contribution in [2.75, 3.05) is 5.43 Å². The largest absolute Gasteiger partial charge is 0.478 e. The standard InChI is InChI=1S/C13H11N3O2/c17-13(18)11-3-5-12(6-4-11)16-15-9-10-2-1-7-14-8-10/h1-9,16H,(H,17,18)/b15-9+. The Morgan fingerprint density at radius 3 is 2.67 bits per heavy atom. The lowest BCUT2D eigenvalue weighted by atomic mass is 10.2. The maximum atomic E-state index is 10.7. The van der Waals surface area contributed by atoms with Crippen molar-refractivity contribution in [2.24, 2.45) is 5.10 Å². The van der Waals surface area contributed by atoms with E-state index in [1.807, 2.05) is 12.1 Å². The van der Waals surface area contributed by atoms with Gasteiger partial charge in [0.05, 0.1) is 17.5 Å². The van der Waals surface area contributed by atoms with E-state index in [2.05, 4.69) is 15.5 Å². The molecule has 2 aromatic rings. The number of nitrogens with zero attached hydrogens (tertiary/aromatic N) is 2. The number of aromatic nitrogens is 1. The summed E-state index contributed by atoms with van der Waals surface area (Å²) in [5.74, 6) is -0.944. The minimum absolute atomic E-state index is 0.247. The quantitative estimate of drug-likeness (QED) is 0.635. The van der Waals surface area contributed by atoms with Crippen LogP contribution in [0.5, 0.6) is 0 Å². The molecule has 0 saturated heterocycles. The Kier molecular flexibility index (Phi) is 3.66. The van der Waals surface area contributed by atoms with Gasteiger partial charge in [0, 0.05) is 18.0 Å². The normalized spacial score (nSPS) is 10.4. The predicted octanol–water partition coefficient (Wildman–Crippen LogP) is 2.23. The van der Waals surface area contributed by atoms with Gasteiger partial charge < -0.3 is 5.11 Å². The average Bonchev–Trinajstić information content (AvgIpc) is 2.40. The molecule has 2 N–H and O–H groups in total. The van der Waals surface area contributed by atoms with Crippen LogP contribution in [0.4, 0.5) is 5.69 Å². The van der Waals surface area contributed by atoms with E-state index >= 15 is 0 Å². The molecule has 5 heteroatoms.